The lowest BCUT2D eigenvalue weighted by Crippen LogP contribution is -2.48. The fourth-order valence-corrected chi connectivity index (χ4v) is 7.28. The summed E-state index contributed by atoms with van der Waals surface area (Å²) in [7, 11) is 2.27. The third-order valence-corrected chi connectivity index (χ3v) is 7.72. The lowest BCUT2D eigenvalue weighted by Gasteiger charge is -2.57. The van der Waals surface area contributed by atoms with Gasteiger partial charge in [-0.2, -0.15) is 0 Å². The molecular formula is C25H27N. The second kappa shape index (κ2) is 5.25. The molecule has 26 heavy (non-hydrogen) atoms. The van der Waals surface area contributed by atoms with Crippen molar-refractivity contribution in [2.24, 2.45) is 24.8 Å². The molecule has 0 radical (unpaired) electrons. The SMILES string of the molecule is Cn1c(-c2ccccc2)c(C23CC4CC(CC(C4)C2)C3)c2ccccc21. The van der Waals surface area contributed by atoms with E-state index < -0.39 is 0 Å². The first-order valence-corrected chi connectivity index (χ1v) is 10.4. The van der Waals surface area contributed by atoms with Gasteiger partial charge in [-0.25, -0.2) is 0 Å². The molecule has 1 aromatic heterocycles. The number of rotatable bonds is 2. The molecule has 3 aromatic rings. The Kier molecular flexibility index (Phi) is 3.05. The summed E-state index contributed by atoms with van der Waals surface area (Å²) < 4.78 is 2.47. The molecule has 1 heteroatoms. The average Bonchev–Trinajstić information content (AvgIpc) is 2.95. The van der Waals surface area contributed by atoms with Crippen molar-refractivity contribution in [1.29, 1.82) is 0 Å². The van der Waals surface area contributed by atoms with Gasteiger partial charge in [-0.1, -0.05) is 48.5 Å². The second-order valence-corrected chi connectivity index (χ2v) is 9.36. The van der Waals surface area contributed by atoms with Gasteiger partial charge in [0.2, 0.25) is 0 Å². The maximum absolute atomic E-state index is 2.47. The molecule has 7 rings (SSSR count). The number of aryl methyl sites for hydroxylation is 1. The molecule has 2 aromatic carbocycles. The highest BCUT2D eigenvalue weighted by Crippen LogP contribution is 2.63. The molecule has 0 aliphatic heterocycles. The van der Waals surface area contributed by atoms with Crippen molar-refractivity contribution < 1.29 is 0 Å². The summed E-state index contributed by atoms with van der Waals surface area (Å²) in [6, 6.07) is 20.3. The first-order valence-electron chi connectivity index (χ1n) is 10.4. The second-order valence-electron chi connectivity index (χ2n) is 9.36. The molecule has 132 valence electrons. The van der Waals surface area contributed by atoms with Gasteiger partial charge >= 0.3 is 0 Å². The Bertz CT molecular complexity index is 943. The van der Waals surface area contributed by atoms with Crippen molar-refractivity contribution >= 4 is 10.9 Å². The van der Waals surface area contributed by atoms with E-state index in [0.717, 1.165) is 17.8 Å². The lowest BCUT2D eigenvalue weighted by molar-refractivity contribution is -0.00428. The molecule has 0 amide bonds. The van der Waals surface area contributed by atoms with Gasteiger partial charge in [-0.3, -0.25) is 0 Å². The Morgan fingerprint density at radius 3 is 2.00 bits per heavy atom. The predicted molar refractivity (Wildman–Crippen MR) is 108 cm³/mol. The zero-order chi connectivity index (χ0) is 17.3. The van der Waals surface area contributed by atoms with Crippen LogP contribution >= 0.6 is 0 Å². The van der Waals surface area contributed by atoms with Crippen molar-refractivity contribution in [2.75, 3.05) is 0 Å². The molecule has 0 unspecified atom stereocenters. The molecule has 4 fully saturated rings. The lowest BCUT2D eigenvalue weighted by atomic mass is 9.47. The Hall–Kier alpha value is -2.02. The van der Waals surface area contributed by atoms with Crippen LogP contribution in [0.25, 0.3) is 22.2 Å². The van der Waals surface area contributed by atoms with Crippen molar-refractivity contribution in [2.45, 2.75) is 43.9 Å². The maximum Gasteiger partial charge on any atom is 0.0526 e. The van der Waals surface area contributed by atoms with Crippen LogP contribution in [-0.2, 0) is 12.5 Å². The number of fused-ring (bicyclic) bond motifs is 1. The van der Waals surface area contributed by atoms with Crippen molar-refractivity contribution in [1.82, 2.24) is 4.57 Å². The van der Waals surface area contributed by atoms with Crippen molar-refractivity contribution in [3.05, 3.63) is 60.2 Å². The van der Waals surface area contributed by atoms with Crippen LogP contribution in [0, 0.1) is 17.8 Å². The molecule has 4 aliphatic carbocycles. The van der Waals surface area contributed by atoms with Gasteiger partial charge in [-0.05, 0) is 78.9 Å². The van der Waals surface area contributed by atoms with Crippen LogP contribution in [-0.4, -0.2) is 4.57 Å². The van der Waals surface area contributed by atoms with Gasteiger partial charge < -0.3 is 4.57 Å². The fourth-order valence-electron chi connectivity index (χ4n) is 7.28. The van der Waals surface area contributed by atoms with Gasteiger partial charge in [-0.15, -0.1) is 0 Å². The quantitative estimate of drug-likeness (QED) is 0.514. The molecule has 1 nitrogen and oxygen atoms in total. The van der Waals surface area contributed by atoms with E-state index in [2.05, 4.69) is 66.2 Å². The predicted octanol–water partition coefficient (Wildman–Crippen LogP) is 6.31. The molecule has 0 spiro atoms. The third kappa shape index (κ3) is 1.98. The Balaban J connectivity index is 1.66. The summed E-state index contributed by atoms with van der Waals surface area (Å²) in [4.78, 5) is 0. The van der Waals surface area contributed by atoms with Gasteiger partial charge in [0, 0.05) is 18.0 Å². The molecule has 0 N–H and O–H groups in total. The molecule has 4 bridgehead atoms. The summed E-state index contributed by atoms with van der Waals surface area (Å²) in [6.45, 7) is 0. The number of aromatic nitrogens is 1. The van der Waals surface area contributed by atoms with Crippen LogP contribution in [0.2, 0.25) is 0 Å². The summed E-state index contributed by atoms with van der Waals surface area (Å²) >= 11 is 0. The molecule has 4 saturated carbocycles. The van der Waals surface area contributed by atoms with Crippen LogP contribution in [0.3, 0.4) is 0 Å². The Morgan fingerprint density at radius 1 is 0.769 bits per heavy atom. The molecular weight excluding hydrogens is 314 g/mol. The van der Waals surface area contributed by atoms with Crippen LogP contribution in [0.15, 0.2) is 54.6 Å². The van der Waals surface area contributed by atoms with E-state index in [1.165, 1.54) is 60.7 Å². The Morgan fingerprint density at radius 2 is 1.35 bits per heavy atom. The number of benzene rings is 2. The molecule has 1 heterocycles. The number of hydrogen-bond acceptors (Lipinski definition) is 0. The number of para-hydroxylation sites is 1. The van der Waals surface area contributed by atoms with E-state index >= 15 is 0 Å². The van der Waals surface area contributed by atoms with Gasteiger partial charge in [0.1, 0.15) is 0 Å². The minimum absolute atomic E-state index is 0.417. The van der Waals surface area contributed by atoms with Gasteiger partial charge in [0.25, 0.3) is 0 Å². The smallest absolute Gasteiger partial charge is 0.0526 e. The van der Waals surface area contributed by atoms with E-state index in [1.54, 1.807) is 5.56 Å². The normalized spacial score (nSPS) is 32.4. The average molecular weight is 341 g/mol. The van der Waals surface area contributed by atoms with E-state index in [0.29, 0.717) is 5.41 Å². The highest BCUT2D eigenvalue weighted by molar-refractivity contribution is 5.93. The monoisotopic (exact) mass is 341 g/mol. The highest BCUT2D eigenvalue weighted by atomic mass is 15.0. The van der Waals surface area contributed by atoms with Crippen molar-refractivity contribution in [3.63, 3.8) is 0 Å². The van der Waals surface area contributed by atoms with E-state index in [9.17, 15) is 0 Å². The molecule has 4 aliphatic rings. The van der Waals surface area contributed by atoms with Crippen LogP contribution < -0.4 is 0 Å². The summed E-state index contributed by atoms with van der Waals surface area (Å²) in [5.41, 5.74) is 6.37. The van der Waals surface area contributed by atoms with Gasteiger partial charge in [0.05, 0.1) is 5.69 Å². The molecule has 0 saturated heterocycles. The van der Waals surface area contributed by atoms with Crippen molar-refractivity contribution in [3.8, 4) is 11.3 Å². The summed E-state index contributed by atoms with van der Waals surface area (Å²) in [5.74, 6) is 2.93. The third-order valence-electron chi connectivity index (χ3n) is 7.72. The van der Waals surface area contributed by atoms with E-state index in [4.69, 9.17) is 0 Å². The summed E-state index contributed by atoms with van der Waals surface area (Å²) in [6.07, 6.45) is 8.78. The van der Waals surface area contributed by atoms with Crippen LogP contribution in [0.1, 0.15) is 44.1 Å². The largest absolute Gasteiger partial charge is 0.343 e. The Labute approximate surface area is 156 Å². The first-order chi connectivity index (χ1) is 12.7. The van der Waals surface area contributed by atoms with Gasteiger partial charge in [0.15, 0.2) is 0 Å². The number of nitrogens with zero attached hydrogens (tertiary/aromatic N) is 1. The first kappa shape index (κ1) is 15.1. The molecule has 0 atom stereocenters. The minimum Gasteiger partial charge on any atom is -0.343 e. The number of hydrogen-bond donors (Lipinski definition) is 0. The van der Waals surface area contributed by atoms with E-state index in [-0.39, 0.29) is 0 Å². The zero-order valence-corrected chi connectivity index (χ0v) is 15.6. The standard InChI is InChI=1S/C25H27N/c1-26-22-10-6-5-9-21(22)23(24(26)20-7-3-2-4-8-20)25-14-17-11-18(15-25)13-19(12-17)16-25/h2-10,17-19H,11-16H2,1H3. The zero-order valence-electron chi connectivity index (χ0n) is 15.6. The van der Waals surface area contributed by atoms with Crippen LogP contribution in [0.5, 0.6) is 0 Å². The minimum atomic E-state index is 0.417. The topological polar surface area (TPSA) is 4.93 Å². The highest BCUT2D eigenvalue weighted by Gasteiger charge is 2.53. The van der Waals surface area contributed by atoms with Crippen LogP contribution in [0.4, 0.5) is 0 Å². The summed E-state index contributed by atoms with van der Waals surface area (Å²) in [5, 5.41) is 1.51. The maximum atomic E-state index is 2.47. The van der Waals surface area contributed by atoms with E-state index in [1.807, 2.05) is 0 Å². The fraction of sp³-hybridized carbons (Fsp3) is 0.440.